The number of thioether (sulfide) groups is 1. The zero-order valence-electron chi connectivity index (χ0n) is 14.6. The Hall–Kier alpha value is -3.27. The Labute approximate surface area is 159 Å². The third kappa shape index (κ3) is 5.61. The molecule has 0 aliphatic heterocycles. The lowest BCUT2D eigenvalue weighted by atomic mass is 10.1. The van der Waals surface area contributed by atoms with Crippen LogP contribution < -0.4 is 16.5 Å². The third-order valence-corrected chi connectivity index (χ3v) is 4.34. The fraction of sp³-hybridized carbons (Fsp3) is 0.176. The van der Waals surface area contributed by atoms with E-state index in [1.807, 2.05) is 31.2 Å². The van der Waals surface area contributed by atoms with Crippen molar-refractivity contribution in [3.05, 3.63) is 54.0 Å². The van der Waals surface area contributed by atoms with Crippen molar-refractivity contribution >= 4 is 35.0 Å². The average molecular weight is 385 g/mol. The van der Waals surface area contributed by atoms with E-state index in [1.165, 1.54) is 11.8 Å². The molecule has 5 N–H and O–H groups in total. The maximum atomic E-state index is 11.8. The molecule has 0 radical (unpaired) electrons. The smallest absolute Gasteiger partial charge is 0.240 e. The Morgan fingerprint density at radius 1 is 1.33 bits per heavy atom. The lowest BCUT2D eigenvalue weighted by Gasteiger charge is -2.02. The molecule has 1 amide bonds. The molecule has 2 aromatic heterocycles. The van der Waals surface area contributed by atoms with Crippen molar-refractivity contribution in [2.45, 2.75) is 18.6 Å². The van der Waals surface area contributed by atoms with Gasteiger partial charge < -0.3 is 15.5 Å². The van der Waals surface area contributed by atoms with Gasteiger partial charge in [0.2, 0.25) is 17.0 Å². The van der Waals surface area contributed by atoms with Crippen LogP contribution in [-0.4, -0.2) is 32.6 Å². The number of hydrogen-bond donors (Lipinski definition) is 4. The number of carbonyl (C=O) groups excluding carboxylic acids is 1. The van der Waals surface area contributed by atoms with E-state index in [4.69, 9.17) is 10.2 Å². The number of hydrazone groups is 1. The largest absolute Gasteiger partial charge is 0.467 e. The number of H-pyrrole nitrogens is 1. The number of rotatable bonds is 8. The highest BCUT2D eigenvalue weighted by Crippen LogP contribution is 2.14. The molecule has 10 heteroatoms. The summed E-state index contributed by atoms with van der Waals surface area (Å²) in [6.45, 7) is 2.22. The van der Waals surface area contributed by atoms with E-state index < -0.39 is 0 Å². The van der Waals surface area contributed by atoms with Crippen LogP contribution in [0.5, 0.6) is 0 Å². The minimum Gasteiger partial charge on any atom is -0.467 e. The number of aromatic amines is 1. The topological polar surface area (TPSA) is 134 Å². The highest BCUT2D eigenvalue weighted by atomic mass is 32.2. The zero-order chi connectivity index (χ0) is 19.1. The van der Waals surface area contributed by atoms with Crippen molar-refractivity contribution in [2.24, 2.45) is 5.10 Å². The maximum Gasteiger partial charge on any atom is 0.240 e. The fourth-order valence-corrected chi connectivity index (χ4v) is 2.69. The summed E-state index contributed by atoms with van der Waals surface area (Å²) in [4.78, 5) is 16.1. The second-order valence-electron chi connectivity index (χ2n) is 5.54. The number of nitrogen functional groups attached to an aromatic ring is 1. The molecule has 3 rings (SSSR count). The molecular formula is C17H19N7O2S. The van der Waals surface area contributed by atoms with Crippen LogP contribution in [0, 0.1) is 0 Å². The third-order valence-electron chi connectivity index (χ3n) is 3.50. The molecule has 27 heavy (non-hydrogen) atoms. The van der Waals surface area contributed by atoms with Crippen LogP contribution in [0.15, 0.2) is 57.3 Å². The van der Waals surface area contributed by atoms with Gasteiger partial charge in [-0.15, -0.1) is 5.10 Å². The monoisotopic (exact) mass is 385 g/mol. The van der Waals surface area contributed by atoms with Gasteiger partial charge in [-0.25, -0.2) is 10.5 Å². The number of aromatic nitrogens is 3. The van der Waals surface area contributed by atoms with Crippen LogP contribution in [0.25, 0.3) is 0 Å². The molecule has 140 valence electrons. The standard InChI is InChI=1S/C17H19N7O2S/c1-11(12-4-6-13(18)7-5-12)21-22-16-20-17(24-23-16)27-10-15(25)19-9-14-3-2-8-26-14/h2-8H,9-10,18H2,1H3,(H,19,25)(H2,20,22,23,24)/b21-11-. The van der Waals surface area contributed by atoms with Gasteiger partial charge in [0.1, 0.15) is 5.76 Å². The van der Waals surface area contributed by atoms with Gasteiger partial charge in [0.15, 0.2) is 0 Å². The first-order chi connectivity index (χ1) is 13.1. The van der Waals surface area contributed by atoms with Crippen LogP contribution in [0.2, 0.25) is 0 Å². The van der Waals surface area contributed by atoms with Gasteiger partial charge in [-0.1, -0.05) is 23.9 Å². The van der Waals surface area contributed by atoms with Gasteiger partial charge in [0.25, 0.3) is 0 Å². The molecule has 0 unspecified atom stereocenters. The van der Waals surface area contributed by atoms with Gasteiger partial charge >= 0.3 is 0 Å². The number of hydrogen-bond acceptors (Lipinski definition) is 8. The summed E-state index contributed by atoms with van der Waals surface area (Å²) >= 11 is 1.22. The number of nitrogens with one attached hydrogen (secondary N) is 3. The van der Waals surface area contributed by atoms with E-state index in [0.717, 1.165) is 11.3 Å². The van der Waals surface area contributed by atoms with Crippen LogP contribution in [0.4, 0.5) is 11.6 Å². The lowest BCUT2D eigenvalue weighted by molar-refractivity contribution is -0.118. The van der Waals surface area contributed by atoms with Gasteiger partial charge in [0, 0.05) is 5.69 Å². The number of anilines is 2. The summed E-state index contributed by atoms with van der Waals surface area (Å²) in [6, 6.07) is 11.0. The highest BCUT2D eigenvalue weighted by Gasteiger charge is 2.08. The molecule has 0 fully saturated rings. The first-order valence-corrected chi connectivity index (χ1v) is 9.09. The predicted molar refractivity (Wildman–Crippen MR) is 104 cm³/mol. The van der Waals surface area contributed by atoms with Crippen molar-refractivity contribution in [3.63, 3.8) is 0 Å². The Balaban J connectivity index is 1.45. The lowest BCUT2D eigenvalue weighted by Crippen LogP contribution is -2.24. The number of benzene rings is 1. The number of carbonyl (C=O) groups is 1. The van der Waals surface area contributed by atoms with Crippen molar-refractivity contribution in [2.75, 3.05) is 16.9 Å². The van der Waals surface area contributed by atoms with Gasteiger partial charge in [0.05, 0.1) is 24.3 Å². The number of amides is 1. The molecule has 0 spiro atoms. The van der Waals surface area contributed by atoms with Crippen molar-refractivity contribution in [1.29, 1.82) is 0 Å². The molecule has 0 aliphatic carbocycles. The van der Waals surface area contributed by atoms with E-state index in [0.29, 0.717) is 29.1 Å². The van der Waals surface area contributed by atoms with Crippen molar-refractivity contribution in [1.82, 2.24) is 20.5 Å². The second-order valence-corrected chi connectivity index (χ2v) is 6.48. The van der Waals surface area contributed by atoms with Crippen LogP contribution in [0.3, 0.4) is 0 Å². The van der Waals surface area contributed by atoms with Gasteiger partial charge in [-0.05, 0) is 36.8 Å². The van der Waals surface area contributed by atoms with E-state index in [9.17, 15) is 4.79 Å². The Bertz CT molecular complexity index is 904. The summed E-state index contributed by atoms with van der Waals surface area (Å²) in [5, 5.41) is 14.2. The Morgan fingerprint density at radius 2 is 2.15 bits per heavy atom. The summed E-state index contributed by atoms with van der Waals surface area (Å²) in [5.41, 5.74) is 10.9. The number of furan rings is 1. The molecule has 0 aliphatic rings. The zero-order valence-corrected chi connectivity index (χ0v) is 15.4. The first-order valence-electron chi connectivity index (χ1n) is 8.10. The minimum atomic E-state index is -0.132. The van der Waals surface area contributed by atoms with Crippen LogP contribution >= 0.6 is 11.8 Å². The quantitative estimate of drug-likeness (QED) is 0.202. The SMILES string of the molecule is C/C(=N/Nc1nc(SCC(=O)NCc2ccco2)n[nH]1)c1ccc(N)cc1. The normalized spacial score (nSPS) is 11.4. The van der Waals surface area contributed by atoms with E-state index >= 15 is 0 Å². The van der Waals surface area contributed by atoms with Crippen molar-refractivity contribution in [3.8, 4) is 0 Å². The molecule has 0 saturated carbocycles. The second kappa shape index (κ2) is 8.90. The summed E-state index contributed by atoms with van der Waals surface area (Å²) < 4.78 is 5.16. The molecule has 9 nitrogen and oxygen atoms in total. The van der Waals surface area contributed by atoms with Gasteiger partial charge in [-0.3, -0.25) is 4.79 Å². The summed E-state index contributed by atoms with van der Waals surface area (Å²) in [6.07, 6.45) is 1.57. The molecule has 1 aromatic carbocycles. The fourth-order valence-electron chi connectivity index (χ4n) is 2.07. The minimum absolute atomic E-state index is 0.132. The van der Waals surface area contributed by atoms with Gasteiger partial charge in [-0.2, -0.15) is 10.1 Å². The van der Waals surface area contributed by atoms with E-state index in [2.05, 4.69) is 31.0 Å². The molecule has 0 bridgehead atoms. The molecule has 2 heterocycles. The predicted octanol–water partition coefficient (Wildman–Crippen LogP) is 2.22. The molecule has 0 saturated heterocycles. The molecule has 3 aromatic rings. The summed E-state index contributed by atoms with van der Waals surface area (Å²) in [5.74, 6) is 1.16. The number of nitrogens with two attached hydrogens (primary N) is 1. The van der Waals surface area contributed by atoms with E-state index in [1.54, 1.807) is 18.4 Å². The average Bonchev–Trinajstić information content (AvgIpc) is 3.35. The Kier molecular flexibility index (Phi) is 6.10. The van der Waals surface area contributed by atoms with E-state index in [-0.39, 0.29) is 11.7 Å². The maximum absolute atomic E-state index is 11.8. The van der Waals surface area contributed by atoms with Crippen LogP contribution in [0.1, 0.15) is 18.2 Å². The first kappa shape index (κ1) is 18.5. The highest BCUT2D eigenvalue weighted by molar-refractivity contribution is 7.99. The van der Waals surface area contributed by atoms with Crippen LogP contribution in [-0.2, 0) is 11.3 Å². The molecular weight excluding hydrogens is 366 g/mol. The summed E-state index contributed by atoms with van der Waals surface area (Å²) in [7, 11) is 0. The molecule has 0 atom stereocenters. The van der Waals surface area contributed by atoms with Crippen molar-refractivity contribution < 1.29 is 9.21 Å². The number of nitrogens with zero attached hydrogens (tertiary/aromatic N) is 3. The Morgan fingerprint density at radius 3 is 2.89 bits per heavy atom.